The Bertz CT molecular complexity index is 1190. The second-order valence-electron chi connectivity index (χ2n) is 7.05. The topological polar surface area (TPSA) is 110 Å². The van der Waals surface area contributed by atoms with Gasteiger partial charge in [-0.3, -0.25) is 0 Å². The van der Waals surface area contributed by atoms with Crippen LogP contribution in [0.4, 0.5) is 0 Å². The van der Waals surface area contributed by atoms with Gasteiger partial charge in [0.2, 0.25) is 0 Å². The predicted molar refractivity (Wildman–Crippen MR) is 136 cm³/mol. The maximum Gasteiger partial charge on any atom is 0.647 e. The Kier molecular flexibility index (Phi) is 9.82. The van der Waals surface area contributed by atoms with E-state index in [4.69, 9.17) is 13.6 Å². The molecule has 0 fully saturated rings. The van der Waals surface area contributed by atoms with Crippen molar-refractivity contribution in [3.05, 3.63) is 121 Å². The molecule has 0 aliphatic heterocycles. The first-order chi connectivity index (χ1) is 17.9. The molecule has 1 heterocycles. The standard InChI is InChI=1S/C18H15O4P.C9H9NO4/c19-23(20-16-10-4-1-5-11-16,21-17-12-6-2-7-13-17)22-18-14-8-3-9-15-18;1-13-8(11)6-4-3-5-7(10-6)9(12)14-2/h1-15H;3-5H,1-2H3. The normalized spacial score (nSPS) is 10.2. The summed E-state index contributed by atoms with van der Waals surface area (Å²) in [5, 5.41) is 0. The maximum atomic E-state index is 13.1. The molecule has 3 aromatic carbocycles. The van der Waals surface area contributed by atoms with Gasteiger partial charge in [-0.15, -0.1) is 0 Å². The number of methoxy groups -OCH3 is 2. The lowest BCUT2D eigenvalue weighted by Crippen LogP contribution is -2.10. The number of nitrogens with zero attached hydrogens (tertiary/aromatic N) is 1. The molecule has 9 nitrogen and oxygen atoms in total. The number of rotatable bonds is 8. The van der Waals surface area contributed by atoms with Crippen LogP contribution < -0.4 is 13.6 Å². The molecule has 0 saturated heterocycles. The van der Waals surface area contributed by atoms with Crippen LogP contribution in [0.2, 0.25) is 0 Å². The molecular formula is C27H24NO8P. The maximum absolute atomic E-state index is 13.1. The number of phosphoric acid groups is 1. The fourth-order valence-corrected chi connectivity index (χ4v) is 4.01. The summed E-state index contributed by atoms with van der Waals surface area (Å²) in [6, 6.07) is 30.8. The van der Waals surface area contributed by atoms with Crippen LogP contribution in [0.1, 0.15) is 21.0 Å². The van der Waals surface area contributed by atoms with Gasteiger partial charge in [0.1, 0.15) is 28.6 Å². The SMILES string of the molecule is COC(=O)c1cccc(C(=O)OC)n1.O=P(Oc1ccccc1)(Oc1ccccc1)Oc1ccccc1. The fraction of sp³-hybridized carbons (Fsp3) is 0.0741. The second kappa shape index (κ2) is 13.5. The number of carbonyl (C=O) groups excluding carboxylic acids is 2. The van der Waals surface area contributed by atoms with Crippen molar-refractivity contribution in [2.24, 2.45) is 0 Å². The van der Waals surface area contributed by atoms with Crippen LogP contribution in [0.5, 0.6) is 17.2 Å². The Morgan fingerprint density at radius 2 is 0.865 bits per heavy atom. The van der Waals surface area contributed by atoms with Gasteiger partial charge in [0.25, 0.3) is 0 Å². The molecule has 0 aliphatic carbocycles. The first kappa shape index (κ1) is 27.0. The number of carbonyl (C=O) groups is 2. The zero-order valence-corrected chi connectivity index (χ0v) is 20.9. The number of ether oxygens (including phenoxy) is 2. The third-order valence-electron chi connectivity index (χ3n) is 4.42. The lowest BCUT2D eigenvalue weighted by atomic mass is 10.3. The molecule has 37 heavy (non-hydrogen) atoms. The minimum Gasteiger partial charge on any atom is -0.464 e. The molecule has 0 N–H and O–H groups in total. The van der Waals surface area contributed by atoms with Crippen molar-refractivity contribution in [1.29, 1.82) is 0 Å². The smallest absolute Gasteiger partial charge is 0.464 e. The first-order valence-electron chi connectivity index (χ1n) is 10.9. The molecule has 4 aromatic rings. The van der Waals surface area contributed by atoms with Gasteiger partial charge in [-0.1, -0.05) is 60.7 Å². The van der Waals surface area contributed by atoms with Crippen LogP contribution in [-0.2, 0) is 14.0 Å². The molecule has 0 saturated carbocycles. The Balaban J connectivity index is 0.000000233. The molecular weight excluding hydrogens is 497 g/mol. The van der Waals surface area contributed by atoms with Gasteiger partial charge in [-0.25, -0.2) is 14.6 Å². The average molecular weight is 521 g/mol. The van der Waals surface area contributed by atoms with Gasteiger partial charge in [0.15, 0.2) is 0 Å². The number of aromatic nitrogens is 1. The van der Waals surface area contributed by atoms with Crippen LogP contribution in [-0.4, -0.2) is 31.1 Å². The summed E-state index contributed by atoms with van der Waals surface area (Å²) in [6.07, 6.45) is 0. The van der Waals surface area contributed by atoms with Crippen molar-refractivity contribution in [1.82, 2.24) is 4.98 Å². The summed E-state index contributed by atoms with van der Waals surface area (Å²) in [6.45, 7) is 0. The van der Waals surface area contributed by atoms with Gasteiger partial charge in [0, 0.05) is 0 Å². The summed E-state index contributed by atoms with van der Waals surface area (Å²) >= 11 is 0. The van der Waals surface area contributed by atoms with E-state index in [0.717, 1.165) is 0 Å². The molecule has 0 unspecified atom stereocenters. The van der Waals surface area contributed by atoms with Crippen LogP contribution >= 0.6 is 7.82 Å². The van der Waals surface area contributed by atoms with E-state index in [-0.39, 0.29) is 11.4 Å². The van der Waals surface area contributed by atoms with Crippen molar-refractivity contribution in [3.8, 4) is 17.2 Å². The lowest BCUT2D eigenvalue weighted by molar-refractivity contribution is 0.0585. The number of hydrogen-bond donors (Lipinski definition) is 0. The molecule has 0 spiro atoms. The molecule has 1 aromatic heterocycles. The third kappa shape index (κ3) is 8.52. The highest BCUT2D eigenvalue weighted by Crippen LogP contribution is 2.49. The zero-order chi connectivity index (χ0) is 26.5. The van der Waals surface area contributed by atoms with E-state index < -0.39 is 19.8 Å². The number of phosphoric ester groups is 1. The lowest BCUT2D eigenvalue weighted by Gasteiger charge is -2.19. The average Bonchev–Trinajstić information content (AvgIpc) is 2.94. The summed E-state index contributed by atoms with van der Waals surface area (Å²) in [5.74, 6) is 0.0413. The van der Waals surface area contributed by atoms with E-state index in [1.165, 1.54) is 32.4 Å². The molecule has 0 amide bonds. The van der Waals surface area contributed by atoms with Crippen LogP contribution in [0.3, 0.4) is 0 Å². The molecule has 0 aliphatic rings. The highest BCUT2D eigenvalue weighted by atomic mass is 31.2. The number of esters is 2. The minimum atomic E-state index is -3.89. The van der Waals surface area contributed by atoms with E-state index in [1.54, 1.807) is 72.8 Å². The highest BCUT2D eigenvalue weighted by molar-refractivity contribution is 7.49. The van der Waals surface area contributed by atoms with Crippen LogP contribution in [0.15, 0.2) is 109 Å². The Morgan fingerprint density at radius 1 is 0.541 bits per heavy atom. The van der Waals surface area contributed by atoms with Crippen LogP contribution in [0, 0.1) is 0 Å². The molecule has 0 bridgehead atoms. The molecule has 0 radical (unpaired) electrons. The fourth-order valence-electron chi connectivity index (χ4n) is 2.76. The molecule has 10 heteroatoms. The van der Waals surface area contributed by atoms with Crippen molar-refractivity contribution < 1.29 is 37.2 Å². The summed E-state index contributed by atoms with van der Waals surface area (Å²) in [4.78, 5) is 25.8. The Labute approximate surface area is 214 Å². The number of pyridine rings is 1. The quantitative estimate of drug-likeness (QED) is 0.204. The van der Waals surface area contributed by atoms with Gasteiger partial charge >= 0.3 is 19.8 Å². The zero-order valence-electron chi connectivity index (χ0n) is 20.1. The van der Waals surface area contributed by atoms with Crippen molar-refractivity contribution in [2.75, 3.05) is 14.2 Å². The van der Waals surface area contributed by atoms with Crippen molar-refractivity contribution in [3.63, 3.8) is 0 Å². The van der Waals surface area contributed by atoms with E-state index in [9.17, 15) is 14.2 Å². The first-order valence-corrected chi connectivity index (χ1v) is 12.4. The number of benzene rings is 3. The number of hydrogen-bond acceptors (Lipinski definition) is 9. The molecule has 0 atom stereocenters. The number of para-hydroxylation sites is 3. The largest absolute Gasteiger partial charge is 0.647 e. The van der Waals surface area contributed by atoms with Crippen molar-refractivity contribution >= 4 is 19.8 Å². The summed E-state index contributed by atoms with van der Waals surface area (Å²) in [7, 11) is -1.40. The van der Waals surface area contributed by atoms with E-state index >= 15 is 0 Å². The minimum absolute atomic E-state index is 0.0791. The van der Waals surface area contributed by atoms with E-state index in [2.05, 4.69) is 14.5 Å². The molecule has 4 rings (SSSR count). The molecule has 190 valence electrons. The van der Waals surface area contributed by atoms with E-state index in [1.807, 2.05) is 18.2 Å². The highest BCUT2D eigenvalue weighted by Gasteiger charge is 2.33. The predicted octanol–water partition coefficient (Wildman–Crippen LogP) is 5.99. The van der Waals surface area contributed by atoms with Gasteiger partial charge in [0.05, 0.1) is 14.2 Å². The monoisotopic (exact) mass is 521 g/mol. The summed E-state index contributed by atoms with van der Waals surface area (Å²) in [5.41, 5.74) is 0.158. The Hall–Kier alpha value is -4.62. The third-order valence-corrected chi connectivity index (χ3v) is 5.72. The van der Waals surface area contributed by atoms with Gasteiger partial charge in [-0.2, -0.15) is 4.57 Å². The van der Waals surface area contributed by atoms with Crippen LogP contribution in [0.25, 0.3) is 0 Å². The second-order valence-corrected chi connectivity index (χ2v) is 8.49. The van der Waals surface area contributed by atoms with Gasteiger partial charge < -0.3 is 23.0 Å². The van der Waals surface area contributed by atoms with Crippen molar-refractivity contribution in [2.45, 2.75) is 0 Å². The Morgan fingerprint density at radius 3 is 1.16 bits per heavy atom. The van der Waals surface area contributed by atoms with Gasteiger partial charge in [-0.05, 0) is 48.5 Å². The van der Waals surface area contributed by atoms with E-state index in [0.29, 0.717) is 17.2 Å². The summed E-state index contributed by atoms with van der Waals surface area (Å²) < 4.78 is 38.5.